The molecule has 98 valence electrons. The highest BCUT2D eigenvalue weighted by Crippen LogP contribution is 2.43. The van der Waals surface area contributed by atoms with E-state index in [2.05, 4.69) is 15.9 Å². The second-order valence-corrected chi connectivity index (χ2v) is 6.35. The quantitative estimate of drug-likeness (QED) is 0.827. The average Bonchev–Trinajstić information content (AvgIpc) is 3.00. The van der Waals surface area contributed by atoms with Crippen LogP contribution in [0.25, 0.3) is 0 Å². The Labute approximate surface area is 117 Å². The molecule has 1 aliphatic heterocycles. The number of halogens is 1. The van der Waals surface area contributed by atoms with Gasteiger partial charge in [-0.15, -0.1) is 0 Å². The van der Waals surface area contributed by atoms with Crippen LogP contribution in [0.5, 0.6) is 5.75 Å². The molecule has 2 fully saturated rings. The van der Waals surface area contributed by atoms with Crippen LogP contribution in [0.15, 0.2) is 28.7 Å². The van der Waals surface area contributed by atoms with Crippen molar-refractivity contribution in [1.29, 1.82) is 0 Å². The molecule has 0 amide bonds. The smallest absolute Gasteiger partial charge is 0.119 e. The molecular weight excluding hydrogens is 292 g/mol. The molecule has 0 aromatic heterocycles. The Balaban J connectivity index is 1.51. The minimum atomic E-state index is 0.216. The van der Waals surface area contributed by atoms with E-state index < -0.39 is 0 Å². The third-order valence-electron chi connectivity index (χ3n) is 4.10. The molecule has 18 heavy (non-hydrogen) atoms. The van der Waals surface area contributed by atoms with Crippen LogP contribution in [0.4, 0.5) is 0 Å². The first-order valence-electron chi connectivity index (χ1n) is 6.82. The Morgan fingerprint density at radius 3 is 2.61 bits per heavy atom. The van der Waals surface area contributed by atoms with Gasteiger partial charge in [0.2, 0.25) is 0 Å². The summed E-state index contributed by atoms with van der Waals surface area (Å²) in [4.78, 5) is 0. The van der Waals surface area contributed by atoms with E-state index in [9.17, 15) is 0 Å². The summed E-state index contributed by atoms with van der Waals surface area (Å²) in [6.07, 6.45) is 7.83. The zero-order valence-corrected chi connectivity index (χ0v) is 12.1. The van der Waals surface area contributed by atoms with Crippen LogP contribution in [0.3, 0.4) is 0 Å². The monoisotopic (exact) mass is 310 g/mol. The van der Waals surface area contributed by atoms with Gasteiger partial charge in [-0.3, -0.25) is 0 Å². The highest BCUT2D eigenvalue weighted by Gasteiger charge is 2.42. The molecule has 0 bridgehead atoms. The summed E-state index contributed by atoms with van der Waals surface area (Å²) in [5, 5.41) is 0. The maximum Gasteiger partial charge on any atom is 0.119 e. The minimum absolute atomic E-state index is 0.216. The summed E-state index contributed by atoms with van der Waals surface area (Å²) in [6, 6.07) is 7.99. The van der Waals surface area contributed by atoms with Gasteiger partial charge in [-0.25, -0.2) is 0 Å². The van der Waals surface area contributed by atoms with Crippen molar-refractivity contribution in [2.75, 3.05) is 6.61 Å². The van der Waals surface area contributed by atoms with Gasteiger partial charge in [-0.2, -0.15) is 0 Å². The Bertz CT molecular complexity index is 395. The van der Waals surface area contributed by atoms with Gasteiger partial charge in [-0.05, 0) is 49.9 Å². The average molecular weight is 311 g/mol. The second-order valence-electron chi connectivity index (χ2n) is 5.43. The molecule has 1 heterocycles. The van der Waals surface area contributed by atoms with Gasteiger partial charge in [-0.1, -0.05) is 28.8 Å². The van der Waals surface area contributed by atoms with Gasteiger partial charge in [0.1, 0.15) is 12.4 Å². The topological polar surface area (TPSA) is 18.5 Å². The second kappa shape index (κ2) is 5.22. The van der Waals surface area contributed by atoms with Crippen molar-refractivity contribution in [3.63, 3.8) is 0 Å². The Morgan fingerprint density at radius 1 is 1.17 bits per heavy atom. The lowest BCUT2D eigenvalue weighted by atomic mass is 9.98. The largest absolute Gasteiger partial charge is 0.491 e. The molecule has 1 saturated carbocycles. The highest BCUT2D eigenvalue weighted by molar-refractivity contribution is 9.10. The molecule has 3 heteroatoms. The Kier molecular flexibility index (Phi) is 3.62. The molecule has 0 N–H and O–H groups in total. The Hall–Kier alpha value is -0.540. The van der Waals surface area contributed by atoms with Crippen molar-refractivity contribution in [2.24, 2.45) is 0 Å². The van der Waals surface area contributed by atoms with E-state index in [-0.39, 0.29) is 11.7 Å². The lowest BCUT2D eigenvalue weighted by Gasteiger charge is -2.23. The summed E-state index contributed by atoms with van der Waals surface area (Å²) in [5.74, 6) is 0.925. The fourth-order valence-corrected chi connectivity index (χ4v) is 3.38. The van der Waals surface area contributed by atoms with E-state index in [0.29, 0.717) is 6.61 Å². The van der Waals surface area contributed by atoms with Crippen molar-refractivity contribution in [3.8, 4) is 5.75 Å². The van der Waals surface area contributed by atoms with Gasteiger partial charge >= 0.3 is 0 Å². The van der Waals surface area contributed by atoms with Gasteiger partial charge in [0.25, 0.3) is 0 Å². The third-order valence-corrected chi connectivity index (χ3v) is 4.63. The molecule has 1 aromatic rings. The molecule has 2 aliphatic rings. The van der Waals surface area contributed by atoms with Crippen LogP contribution in [0.2, 0.25) is 0 Å². The van der Waals surface area contributed by atoms with Crippen molar-refractivity contribution < 1.29 is 9.47 Å². The number of hydrogen-bond acceptors (Lipinski definition) is 2. The van der Waals surface area contributed by atoms with Gasteiger partial charge in [0.15, 0.2) is 0 Å². The maximum absolute atomic E-state index is 6.22. The molecule has 0 radical (unpaired) electrons. The maximum atomic E-state index is 6.22. The van der Waals surface area contributed by atoms with E-state index in [1.165, 1.54) is 32.1 Å². The van der Waals surface area contributed by atoms with Crippen molar-refractivity contribution in [1.82, 2.24) is 0 Å². The summed E-state index contributed by atoms with van der Waals surface area (Å²) < 4.78 is 13.1. The normalized spacial score (nSPS) is 25.7. The fraction of sp³-hybridized carbons (Fsp3) is 0.600. The fourth-order valence-electron chi connectivity index (χ4n) is 3.12. The minimum Gasteiger partial charge on any atom is -0.491 e. The van der Waals surface area contributed by atoms with Gasteiger partial charge in [0, 0.05) is 4.47 Å². The van der Waals surface area contributed by atoms with Crippen molar-refractivity contribution in [2.45, 2.75) is 50.2 Å². The molecule has 3 rings (SSSR count). The first kappa shape index (κ1) is 12.5. The highest BCUT2D eigenvalue weighted by atomic mass is 79.9. The number of benzene rings is 1. The zero-order valence-electron chi connectivity index (χ0n) is 10.5. The zero-order chi connectivity index (χ0) is 12.4. The van der Waals surface area contributed by atoms with Crippen molar-refractivity contribution in [3.05, 3.63) is 28.7 Å². The van der Waals surface area contributed by atoms with Gasteiger partial charge in [0.05, 0.1) is 11.7 Å². The summed E-state index contributed by atoms with van der Waals surface area (Å²) in [5.41, 5.74) is 0.216. The van der Waals surface area contributed by atoms with Crippen LogP contribution in [-0.4, -0.2) is 18.3 Å². The lowest BCUT2D eigenvalue weighted by molar-refractivity contribution is -0.0508. The van der Waals surface area contributed by atoms with Crippen LogP contribution in [-0.2, 0) is 4.74 Å². The van der Waals surface area contributed by atoms with Crippen LogP contribution in [0, 0.1) is 0 Å². The summed E-state index contributed by atoms with van der Waals surface area (Å²) in [6.45, 7) is 0.684. The molecule has 1 atom stereocenters. The van der Waals surface area contributed by atoms with E-state index in [1.54, 1.807) is 0 Å². The van der Waals surface area contributed by atoms with Crippen LogP contribution < -0.4 is 4.74 Å². The molecule has 2 nitrogen and oxygen atoms in total. The van der Waals surface area contributed by atoms with E-state index in [1.807, 2.05) is 24.3 Å². The standard InChI is InChI=1S/C15H19BrO2/c16-12-3-5-13(6-4-12)17-11-14-7-10-15(18-14)8-1-2-9-15/h3-6,14H,1-2,7-11H2. The molecule has 1 aliphatic carbocycles. The van der Waals surface area contributed by atoms with Crippen molar-refractivity contribution >= 4 is 15.9 Å². The van der Waals surface area contributed by atoms with E-state index >= 15 is 0 Å². The van der Waals surface area contributed by atoms with Gasteiger partial charge < -0.3 is 9.47 Å². The first-order valence-corrected chi connectivity index (χ1v) is 7.61. The number of hydrogen-bond donors (Lipinski definition) is 0. The summed E-state index contributed by atoms with van der Waals surface area (Å²) in [7, 11) is 0. The first-order chi connectivity index (χ1) is 8.76. The number of ether oxygens (including phenoxy) is 2. The third kappa shape index (κ3) is 2.72. The number of rotatable bonds is 3. The molecular formula is C15H19BrO2. The SMILES string of the molecule is Brc1ccc(OCC2CCC3(CCCC3)O2)cc1. The van der Waals surface area contributed by atoms with Crippen LogP contribution in [0.1, 0.15) is 38.5 Å². The lowest BCUT2D eigenvalue weighted by Crippen LogP contribution is -2.27. The summed E-state index contributed by atoms with van der Waals surface area (Å²) >= 11 is 3.42. The molecule has 1 unspecified atom stereocenters. The molecule has 1 saturated heterocycles. The Morgan fingerprint density at radius 2 is 1.89 bits per heavy atom. The molecule has 1 aromatic carbocycles. The predicted molar refractivity (Wildman–Crippen MR) is 74.9 cm³/mol. The predicted octanol–water partition coefficient (Wildman–Crippen LogP) is 4.32. The van der Waals surface area contributed by atoms with Crippen LogP contribution >= 0.6 is 15.9 Å². The van der Waals surface area contributed by atoms with E-state index in [4.69, 9.17) is 9.47 Å². The molecule has 1 spiro atoms. The van der Waals surface area contributed by atoms with E-state index in [0.717, 1.165) is 16.6 Å².